The molecule has 0 saturated heterocycles. The maximum atomic E-state index is 12.1. The molecule has 1 fully saturated rings. The maximum absolute atomic E-state index is 12.1. The van der Waals surface area contributed by atoms with E-state index in [0.717, 1.165) is 18.4 Å². The van der Waals surface area contributed by atoms with Crippen LogP contribution in [0.3, 0.4) is 0 Å². The van der Waals surface area contributed by atoms with E-state index in [0.29, 0.717) is 12.5 Å². The summed E-state index contributed by atoms with van der Waals surface area (Å²) in [6.45, 7) is 0.0673. The van der Waals surface area contributed by atoms with E-state index in [1.54, 1.807) is 7.05 Å². The largest absolute Gasteiger partial charge is 0.352 e. The van der Waals surface area contributed by atoms with Crippen molar-refractivity contribution in [2.75, 3.05) is 13.6 Å². The van der Waals surface area contributed by atoms with Crippen LogP contribution < -0.4 is 11.1 Å². The van der Waals surface area contributed by atoms with Crippen LogP contribution in [0.1, 0.15) is 18.4 Å². The van der Waals surface area contributed by atoms with E-state index >= 15 is 0 Å². The van der Waals surface area contributed by atoms with Crippen LogP contribution in [0.25, 0.3) is 0 Å². The smallest absolute Gasteiger partial charge is 0.240 e. The van der Waals surface area contributed by atoms with Crippen molar-refractivity contribution >= 4 is 24.2 Å². The molecule has 2 rings (SSSR count). The molecular formula is C15H22ClN3O2. The molecule has 0 unspecified atom stereocenters. The third-order valence-corrected chi connectivity index (χ3v) is 3.32. The number of carbonyl (C=O) groups excluding carboxylic acids is 2. The van der Waals surface area contributed by atoms with E-state index in [2.05, 4.69) is 5.32 Å². The summed E-state index contributed by atoms with van der Waals surface area (Å²) in [6.07, 6.45) is 2.56. The van der Waals surface area contributed by atoms with Crippen LogP contribution in [-0.4, -0.2) is 42.4 Å². The number of nitrogens with zero attached hydrogens (tertiary/aromatic N) is 1. The molecule has 116 valence electrons. The lowest BCUT2D eigenvalue weighted by molar-refractivity contribution is -0.135. The van der Waals surface area contributed by atoms with Crippen LogP contribution in [-0.2, 0) is 16.0 Å². The second-order valence-corrected chi connectivity index (χ2v) is 5.33. The van der Waals surface area contributed by atoms with Gasteiger partial charge in [-0.05, 0) is 24.8 Å². The number of amides is 2. The van der Waals surface area contributed by atoms with Gasteiger partial charge >= 0.3 is 0 Å². The Morgan fingerprint density at radius 2 is 1.95 bits per heavy atom. The van der Waals surface area contributed by atoms with Crippen LogP contribution in [0.4, 0.5) is 0 Å². The highest BCUT2D eigenvalue weighted by atomic mass is 35.5. The van der Waals surface area contributed by atoms with Crippen LogP contribution >= 0.6 is 12.4 Å². The minimum Gasteiger partial charge on any atom is -0.352 e. The Morgan fingerprint density at radius 3 is 2.52 bits per heavy atom. The topological polar surface area (TPSA) is 75.4 Å². The van der Waals surface area contributed by atoms with Crippen molar-refractivity contribution in [1.29, 1.82) is 0 Å². The number of nitrogens with two attached hydrogens (primary N) is 1. The third kappa shape index (κ3) is 5.73. The highest BCUT2D eigenvalue weighted by molar-refractivity contribution is 5.87. The monoisotopic (exact) mass is 311 g/mol. The lowest BCUT2D eigenvalue weighted by Gasteiger charge is -2.21. The van der Waals surface area contributed by atoms with E-state index in [9.17, 15) is 9.59 Å². The fourth-order valence-electron chi connectivity index (χ4n) is 2.03. The highest BCUT2D eigenvalue weighted by Crippen LogP contribution is 2.18. The van der Waals surface area contributed by atoms with Crippen molar-refractivity contribution in [2.45, 2.75) is 31.3 Å². The predicted molar refractivity (Wildman–Crippen MR) is 84.2 cm³/mol. The van der Waals surface area contributed by atoms with Crippen molar-refractivity contribution in [3.8, 4) is 0 Å². The molecule has 0 bridgehead atoms. The molecule has 0 aromatic heterocycles. The molecule has 6 heteroatoms. The Bertz CT molecular complexity index is 477. The van der Waals surface area contributed by atoms with Gasteiger partial charge < -0.3 is 16.0 Å². The van der Waals surface area contributed by atoms with Crippen LogP contribution in [0, 0.1) is 0 Å². The molecule has 3 N–H and O–H groups in total. The lowest BCUT2D eigenvalue weighted by atomic mass is 10.1. The number of likely N-dealkylation sites (N-methyl/N-ethyl adjacent to an activating group) is 1. The van der Waals surface area contributed by atoms with Crippen LogP contribution in [0.15, 0.2) is 30.3 Å². The van der Waals surface area contributed by atoms with Gasteiger partial charge in [0.25, 0.3) is 0 Å². The fraction of sp³-hybridized carbons (Fsp3) is 0.467. The minimum atomic E-state index is -0.615. The highest BCUT2D eigenvalue weighted by Gasteiger charge is 2.25. The van der Waals surface area contributed by atoms with Gasteiger partial charge in [0.1, 0.15) is 0 Å². The van der Waals surface area contributed by atoms with Crippen LogP contribution in [0.5, 0.6) is 0 Å². The van der Waals surface area contributed by atoms with Crippen LogP contribution in [0.2, 0.25) is 0 Å². The van der Waals surface area contributed by atoms with Gasteiger partial charge in [-0.2, -0.15) is 0 Å². The molecule has 1 aromatic rings. The fourth-order valence-corrected chi connectivity index (χ4v) is 2.03. The van der Waals surface area contributed by atoms with E-state index < -0.39 is 6.04 Å². The molecule has 1 saturated carbocycles. The van der Waals surface area contributed by atoms with Gasteiger partial charge in [0, 0.05) is 13.1 Å². The second kappa shape index (κ2) is 8.00. The van der Waals surface area contributed by atoms with Gasteiger partial charge in [-0.15, -0.1) is 12.4 Å². The standard InChI is InChI=1S/C15H21N3O2.ClH/c1-18(10-14(19)17-12-7-8-12)15(20)13(16)9-11-5-3-2-4-6-11;/h2-6,12-13H,7-10,16H2,1H3,(H,17,19);1H/t13-;/m0./s1. The predicted octanol–water partition coefficient (Wildman–Crippen LogP) is 0.715. The molecule has 1 aromatic carbocycles. The molecule has 0 radical (unpaired) electrons. The zero-order chi connectivity index (χ0) is 14.5. The molecule has 1 aliphatic rings. The Morgan fingerprint density at radius 1 is 1.33 bits per heavy atom. The van der Waals surface area contributed by atoms with Crippen molar-refractivity contribution in [3.05, 3.63) is 35.9 Å². The Kier molecular flexibility index (Phi) is 6.65. The van der Waals surface area contributed by atoms with Crippen molar-refractivity contribution in [3.63, 3.8) is 0 Å². The van der Waals surface area contributed by atoms with Crippen molar-refractivity contribution in [2.24, 2.45) is 5.73 Å². The zero-order valence-corrected chi connectivity index (χ0v) is 12.9. The minimum absolute atomic E-state index is 0. The first-order valence-electron chi connectivity index (χ1n) is 6.90. The van der Waals surface area contributed by atoms with Crippen molar-refractivity contribution < 1.29 is 9.59 Å². The number of carbonyl (C=O) groups is 2. The number of benzene rings is 1. The number of halogens is 1. The molecule has 2 amide bonds. The molecule has 0 aliphatic heterocycles. The summed E-state index contributed by atoms with van der Waals surface area (Å²) in [5.74, 6) is -0.324. The summed E-state index contributed by atoms with van der Waals surface area (Å²) in [6, 6.07) is 9.32. The molecule has 5 nitrogen and oxygen atoms in total. The summed E-state index contributed by atoms with van der Waals surface area (Å²) >= 11 is 0. The van der Waals surface area contributed by atoms with Gasteiger partial charge in [-0.25, -0.2) is 0 Å². The van der Waals surface area contributed by atoms with E-state index in [1.807, 2.05) is 30.3 Å². The number of hydrogen-bond donors (Lipinski definition) is 2. The van der Waals surface area contributed by atoms with E-state index in [-0.39, 0.29) is 30.8 Å². The van der Waals surface area contributed by atoms with Gasteiger partial charge in [-0.1, -0.05) is 30.3 Å². The average molecular weight is 312 g/mol. The lowest BCUT2D eigenvalue weighted by Crippen LogP contribution is -2.47. The van der Waals surface area contributed by atoms with Gasteiger partial charge in [-0.3, -0.25) is 9.59 Å². The van der Waals surface area contributed by atoms with Gasteiger partial charge in [0.2, 0.25) is 11.8 Å². The number of rotatable bonds is 6. The Labute approximate surface area is 131 Å². The van der Waals surface area contributed by atoms with Crippen molar-refractivity contribution in [1.82, 2.24) is 10.2 Å². The molecule has 0 spiro atoms. The average Bonchev–Trinajstić information content (AvgIpc) is 3.22. The molecule has 21 heavy (non-hydrogen) atoms. The molecular weight excluding hydrogens is 290 g/mol. The first-order valence-corrected chi connectivity index (χ1v) is 6.90. The first-order chi connectivity index (χ1) is 9.56. The SMILES string of the molecule is CN(CC(=O)NC1CC1)C(=O)[C@@H](N)Cc1ccccc1.Cl. The molecule has 1 atom stereocenters. The zero-order valence-electron chi connectivity index (χ0n) is 12.1. The third-order valence-electron chi connectivity index (χ3n) is 3.32. The Balaban J connectivity index is 0.00000220. The summed E-state index contributed by atoms with van der Waals surface area (Å²) in [4.78, 5) is 25.1. The first kappa shape index (κ1) is 17.5. The van der Waals surface area contributed by atoms with Gasteiger partial charge in [0.05, 0.1) is 12.6 Å². The quantitative estimate of drug-likeness (QED) is 0.812. The summed E-state index contributed by atoms with van der Waals surface area (Å²) < 4.78 is 0. The normalized spacial score (nSPS) is 14.8. The number of hydrogen-bond acceptors (Lipinski definition) is 3. The summed E-state index contributed by atoms with van der Waals surface area (Å²) in [7, 11) is 1.61. The van der Waals surface area contributed by atoms with E-state index in [1.165, 1.54) is 4.90 Å². The summed E-state index contributed by atoms with van der Waals surface area (Å²) in [5, 5.41) is 2.85. The maximum Gasteiger partial charge on any atom is 0.240 e. The molecule has 0 heterocycles. The Hall–Kier alpha value is -1.59. The second-order valence-electron chi connectivity index (χ2n) is 5.33. The molecule has 1 aliphatic carbocycles. The van der Waals surface area contributed by atoms with E-state index in [4.69, 9.17) is 5.73 Å². The van der Waals surface area contributed by atoms with Gasteiger partial charge in [0.15, 0.2) is 0 Å². The summed E-state index contributed by atoms with van der Waals surface area (Å²) in [5.41, 5.74) is 6.93. The number of nitrogens with one attached hydrogen (secondary N) is 1.